The Morgan fingerprint density at radius 1 is 1.05 bits per heavy atom. The Labute approximate surface area is 229 Å². The normalized spacial score (nSPS) is 12.9. The molecule has 0 bridgehead atoms. The molecule has 2 heterocycles. The Balaban J connectivity index is 1.53. The van der Waals surface area contributed by atoms with Gasteiger partial charge in [0, 0.05) is 42.9 Å². The van der Waals surface area contributed by atoms with Gasteiger partial charge in [0.25, 0.3) is 0 Å². The molecule has 1 fully saturated rings. The summed E-state index contributed by atoms with van der Waals surface area (Å²) in [6.45, 7) is 3.46. The predicted molar refractivity (Wildman–Crippen MR) is 156 cm³/mol. The predicted octanol–water partition coefficient (Wildman–Crippen LogP) is 6.60. The summed E-state index contributed by atoms with van der Waals surface area (Å²) in [4.78, 5) is 22.6. The Morgan fingerprint density at radius 2 is 1.87 bits per heavy atom. The van der Waals surface area contributed by atoms with Crippen LogP contribution in [0.1, 0.15) is 60.5 Å². The first-order chi connectivity index (χ1) is 19.1. The van der Waals surface area contributed by atoms with Crippen LogP contribution in [0.4, 0.5) is 11.5 Å². The zero-order chi connectivity index (χ0) is 27.2. The summed E-state index contributed by atoms with van der Waals surface area (Å²) in [5, 5.41) is 18.0. The molecule has 0 saturated heterocycles. The van der Waals surface area contributed by atoms with Crippen LogP contribution >= 0.6 is 0 Å². The molecule has 2 aromatic heterocycles. The number of benzene rings is 2. The summed E-state index contributed by atoms with van der Waals surface area (Å²) < 4.78 is 5.29. The first-order valence-electron chi connectivity index (χ1n) is 13.8. The van der Waals surface area contributed by atoms with E-state index in [0.717, 1.165) is 82.6 Å². The summed E-state index contributed by atoms with van der Waals surface area (Å²) in [5.41, 5.74) is 5.73. The number of nitrogens with zero attached hydrogens (tertiary/aromatic N) is 2. The van der Waals surface area contributed by atoms with Crippen molar-refractivity contribution in [1.82, 2.24) is 9.97 Å². The highest BCUT2D eigenvalue weighted by Crippen LogP contribution is 2.37. The number of aliphatic hydroxyl groups excluding tert-OH is 1. The van der Waals surface area contributed by atoms with Gasteiger partial charge >= 0.3 is 0 Å². The van der Waals surface area contributed by atoms with Crippen molar-refractivity contribution in [3.05, 3.63) is 77.6 Å². The summed E-state index contributed by atoms with van der Waals surface area (Å²) in [6.07, 6.45) is 8.49. The van der Waals surface area contributed by atoms with Crippen LogP contribution in [0.5, 0.6) is 5.75 Å². The van der Waals surface area contributed by atoms with Gasteiger partial charge in [0.2, 0.25) is 0 Å². The highest BCUT2D eigenvalue weighted by Gasteiger charge is 2.27. The number of methoxy groups -OCH3 is 1. The van der Waals surface area contributed by atoms with Gasteiger partial charge in [-0.1, -0.05) is 25.5 Å². The van der Waals surface area contributed by atoms with Crippen molar-refractivity contribution in [3.8, 4) is 16.9 Å². The van der Waals surface area contributed by atoms with E-state index in [1.54, 1.807) is 13.3 Å². The molecule has 0 spiro atoms. The molecule has 0 unspecified atom stereocenters. The molecule has 0 amide bonds. The number of hydrogen-bond acceptors (Lipinski definition) is 7. The zero-order valence-corrected chi connectivity index (χ0v) is 22.7. The molecule has 5 rings (SSSR count). The number of pyridine rings is 2. The van der Waals surface area contributed by atoms with Crippen LogP contribution in [0.25, 0.3) is 22.0 Å². The first kappa shape index (κ1) is 26.6. The van der Waals surface area contributed by atoms with Crippen LogP contribution < -0.4 is 15.4 Å². The van der Waals surface area contributed by atoms with E-state index in [4.69, 9.17) is 4.74 Å². The molecular weight excluding hydrogens is 488 g/mol. The minimum Gasteiger partial charge on any atom is -0.497 e. The number of anilines is 2. The monoisotopic (exact) mass is 524 g/mol. The first-order valence-corrected chi connectivity index (χ1v) is 13.8. The second-order valence-corrected chi connectivity index (χ2v) is 10.2. The van der Waals surface area contributed by atoms with Gasteiger partial charge in [-0.2, -0.15) is 0 Å². The van der Waals surface area contributed by atoms with Crippen molar-refractivity contribution in [3.63, 3.8) is 0 Å². The van der Waals surface area contributed by atoms with Crippen molar-refractivity contribution in [2.75, 3.05) is 24.3 Å². The number of carbonyl (C=O) groups is 1. The van der Waals surface area contributed by atoms with E-state index in [0.29, 0.717) is 24.4 Å². The maximum Gasteiger partial charge on any atom is 0.166 e. The number of rotatable bonds is 13. The second-order valence-electron chi connectivity index (χ2n) is 10.2. The van der Waals surface area contributed by atoms with Gasteiger partial charge in [0.15, 0.2) is 5.78 Å². The molecular formula is C32H36N4O3. The van der Waals surface area contributed by atoms with Crippen molar-refractivity contribution >= 4 is 28.2 Å². The molecule has 1 aliphatic rings. The van der Waals surface area contributed by atoms with Crippen LogP contribution in [0.15, 0.2) is 60.9 Å². The van der Waals surface area contributed by atoms with Gasteiger partial charge in [-0.3, -0.25) is 9.78 Å². The molecule has 7 nitrogen and oxygen atoms in total. The molecule has 0 radical (unpaired) electrons. The number of Topliss-reactive ketones (excluding diaryl/α,β-unsaturated/α-hetero) is 1. The molecule has 1 saturated carbocycles. The van der Waals surface area contributed by atoms with Crippen LogP contribution in [0.2, 0.25) is 0 Å². The zero-order valence-electron chi connectivity index (χ0n) is 22.7. The van der Waals surface area contributed by atoms with Crippen LogP contribution in [-0.2, 0) is 13.2 Å². The van der Waals surface area contributed by atoms with Crippen LogP contribution in [-0.4, -0.2) is 34.5 Å². The van der Waals surface area contributed by atoms with E-state index < -0.39 is 0 Å². The number of ketones is 1. The highest BCUT2D eigenvalue weighted by molar-refractivity contribution is 6.09. The van der Waals surface area contributed by atoms with E-state index in [1.165, 1.54) is 0 Å². The highest BCUT2D eigenvalue weighted by atomic mass is 16.5. The molecule has 2 aromatic carbocycles. The van der Waals surface area contributed by atoms with E-state index in [9.17, 15) is 9.90 Å². The van der Waals surface area contributed by atoms with E-state index in [1.807, 2.05) is 54.7 Å². The average Bonchev–Trinajstić information content (AvgIpc) is 3.79. The number of aromatic nitrogens is 2. The average molecular weight is 525 g/mol. The summed E-state index contributed by atoms with van der Waals surface area (Å²) in [5.74, 6) is 2.22. The number of aliphatic hydroxyl groups is 1. The van der Waals surface area contributed by atoms with Crippen molar-refractivity contribution in [1.29, 1.82) is 0 Å². The minimum absolute atomic E-state index is 0.112. The van der Waals surface area contributed by atoms with E-state index >= 15 is 0 Å². The number of ether oxygens (including phenoxy) is 1. The van der Waals surface area contributed by atoms with E-state index in [-0.39, 0.29) is 12.4 Å². The smallest absolute Gasteiger partial charge is 0.166 e. The number of fused-ring (bicyclic) bond motifs is 1. The number of nitrogens with one attached hydrogen (secondary N) is 2. The molecule has 0 atom stereocenters. The fourth-order valence-corrected chi connectivity index (χ4v) is 4.76. The lowest BCUT2D eigenvalue weighted by Gasteiger charge is -2.17. The third-order valence-electron chi connectivity index (χ3n) is 7.27. The maximum absolute atomic E-state index is 13.3. The molecule has 39 heavy (non-hydrogen) atoms. The number of unbranched alkanes of at least 4 members (excludes halogenated alkanes) is 1. The largest absolute Gasteiger partial charge is 0.497 e. The molecule has 0 aliphatic heterocycles. The third kappa shape index (κ3) is 6.37. The lowest BCUT2D eigenvalue weighted by molar-refractivity contribution is 0.0976. The Hall–Kier alpha value is -3.97. The fraction of sp³-hybridized carbons (Fsp3) is 0.344. The second kappa shape index (κ2) is 12.3. The van der Waals surface area contributed by atoms with Gasteiger partial charge in [-0.15, -0.1) is 0 Å². The maximum atomic E-state index is 13.3. The van der Waals surface area contributed by atoms with Crippen molar-refractivity contribution < 1.29 is 14.6 Å². The van der Waals surface area contributed by atoms with Crippen molar-refractivity contribution in [2.24, 2.45) is 5.92 Å². The van der Waals surface area contributed by atoms with Gasteiger partial charge in [-0.05, 0) is 78.3 Å². The topological polar surface area (TPSA) is 96.4 Å². The summed E-state index contributed by atoms with van der Waals surface area (Å²) >= 11 is 0. The molecule has 7 heteroatoms. The Bertz CT molecular complexity index is 1430. The molecule has 3 N–H and O–H groups in total. The Morgan fingerprint density at radius 3 is 2.54 bits per heavy atom. The third-order valence-corrected chi connectivity index (χ3v) is 7.27. The van der Waals surface area contributed by atoms with Crippen LogP contribution in [0, 0.1) is 5.92 Å². The Kier molecular flexibility index (Phi) is 8.37. The van der Waals surface area contributed by atoms with Crippen molar-refractivity contribution in [2.45, 2.75) is 52.2 Å². The quantitative estimate of drug-likeness (QED) is 0.134. The lowest BCUT2D eigenvalue weighted by Crippen LogP contribution is -2.10. The fourth-order valence-electron chi connectivity index (χ4n) is 4.76. The van der Waals surface area contributed by atoms with E-state index in [2.05, 4.69) is 27.5 Å². The van der Waals surface area contributed by atoms with Gasteiger partial charge in [0.05, 0.1) is 30.5 Å². The SMILES string of the molecule is CCCCNc1ccc(-c2cc3c(NCc4ccc(OC)cc4)c(C(=O)CC4CC4)cnc3cc2CO)cn1. The molecule has 202 valence electrons. The van der Waals surface area contributed by atoms with Crippen LogP contribution in [0.3, 0.4) is 0 Å². The van der Waals surface area contributed by atoms with Gasteiger partial charge < -0.3 is 20.5 Å². The number of hydrogen-bond donors (Lipinski definition) is 3. The lowest BCUT2D eigenvalue weighted by atomic mass is 9.95. The molecule has 1 aliphatic carbocycles. The minimum atomic E-state index is -0.125. The molecule has 4 aromatic rings. The van der Waals surface area contributed by atoms with Gasteiger partial charge in [0.1, 0.15) is 11.6 Å². The summed E-state index contributed by atoms with van der Waals surface area (Å²) in [7, 11) is 1.65. The number of carbonyl (C=O) groups excluding carboxylic acids is 1. The van der Waals surface area contributed by atoms with Gasteiger partial charge in [-0.25, -0.2) is 4.98 Å². The summed E-state index contributed by atoms with van der Waals surface area (Å²) in [6, 6.07) is 15.8. The standard InChI is InChI=1S/C32H36N4O3/c1-3-4-13-33-31-12-9-23(18-35-31)26-16-27-29(15-24(26)20-37)34-19-28(30(38)14-21-5-6-21)32(27)36-17-22-7-10-25(39-2)11-8-22/h7-12,15-16,18-19,21,37H,3-6,13-14,17,20H2,1-2H3,(H,33,35)(H,34,36).